The van der Waals surface area contributed by atoms with Crippen molar-refractivity contribution < 1.29 is 19.2 Å². The van der Waals surface area contributed by atoms with E-state index in [2.05, 4.69) is 0 Å². The van der Waals surface area contributed by atoms with Crippen molar-refractivity contribution in [2.75, 3.05) is 7.11 Å². The molecule has 0 radical (unpaired) electrons. The van der Waals surface area contributed by atoms with Crippen LogP contribution in [0.25, 0.3) is 6.08 Å². The molecule has 0 amide bonds. The Kier molecular flexibility index (Phi) is 6.76. The van der Waals surface area contributed by atoms with Crippen LogP contribution >= 0.6 is 0 Å². The molecule has 0 atom stereocenters. The predicted molar refractivity (Wildman–Crippen MR) is 115 cm³/mol. The Morgan fingerprint density at radius 2 is 1.74 bits per heavy atom. The summed E-state index contributed by atoms with van der Waals surface area (Å²) in [7, 11) is 1.61. The van der Waals surface area contributed by atoms with E-state index in [1.54, 1.807) is 31.4 Å². The molecule has 31 heavy (non-hydrogen) atoms. The lowest BCUT2D eigenvalue weighted by atomic mass is 10.0. The number of non-ortho nitro benzene ring substituents is 1. The number of benzene rings is 3. The third-order valence-electron chi connectivity index (χ3n) is 4.44. The number of nitrogens with zero attached hydrogens (tertiary/aromatic N) is 2. The molecule has 0 heterocycles. The molecule has 7 heteroatoms. The monoisotopic (exact) mass is 414 g/mol. The van der Waals surface area contributed by atoms with Crippen LogP contribution in [0.2, 0.25) is 0 Å². The zero-order chi connectivity index (χ0) is 22.2. The fourth-order valence-corrected chi connectivity index (χ4v) is 2.78. The average molecular weight is 414 g/mol. The predicted octanol–water partition coefficient (Wildman–Crippen LogP) is 4.97. The number of hydrogen-bond donors (Lipinski definition) is 0. The standard InChI is InChI=1S/C24H18N2O5/c1-30-22-9-7-18(8-10-22)16-31-23-11-5-17(6-12-23)13-20(15-25)24(27)19-3-2-4-21(14-19)26(28)29/h2-14H,16H2,1H3/b20-13+. The highest BCUT2D eigenvalue weighted by Gasteiger charge is 2.15. The molecule has 0 bridgehead atoms. The largest absolute Gasteiger partial charge is 0.497 e. The lowest BCUT2D eigenvalue weighted by Crippen LogP contribution is -2.02. The van der Waals surface area contributed by atoms with Gasteiger partial charge in [0.15, 0.2) is 0 Å². The number of hydrogen-bond acceptors (Lipinski definition) is 6. The first-order valence-electron chi connectivity index (χ1n) is 9.27. The van der Waals surface area contributed by atoms with Crippen molar-refractivity contribution in [2.24, 2.45) is 0 Å². The highest BCUT2D eigenvalue weighted by molar-refractivity contribution is 6.14. The van der Waals surface area contributed by atoms with Crippen molar-refractivity contribution in [3.63, 3.8) is 0 Å². The number of nitro groups is 1. The van der Waals surface area contributed by atoms with Gasteiger partial charge in [0, 0.05) is 17.7 Å². The first-order chi connectivity index (χ1) is 15.0. The Morgan fingerprint density at radius 1 is 1.06 bits per heavy atom. The third kappa shape index (κ3) is 5.55. The summed E-state index contributed by atoms with van der Waals surface area (Å²) in [6.07, 6.45) is 1.44. The summed E-state index contributed by atoms with van der Waals surface area (Å²) in [6, 6.07) is 21.6. The summed E-state index contributed by atoms with van der Waals surface area (Å²) in [6.45, 7) is 0.383. The molecule has 3 aromatic carbocycles. The smallest absolute Gasteiger partial charge is 0.270 e. The van der Waals surface area contributed by atoms with Gasteiger partial charge in [-0.2, -0.15) is 5.26 Å². The van der Waals surface area contributed by atoms with Gasteiger partial charge >= 0.3 is 0 Å². The molecule has 0 aliphatic heterocycles. The fourth-order valence-electron chi connectivity index (χ4n) is 2.78. The maximum Gasteiger partial charge on any atom is 0.270 e. The number of carbonyl (C=O) groups excluding carboxylic acids is 1. The van der Waals surface area contributed by atoms with Crippen molar-refractivity contribution in [3.8, 4) is 17.6 Å². The molecule has 3 rings (SSSR count). The van der Waals surface area contributed by atoms with Crippen LogP contribution in [0, 0.1) is 21.4 Å². The highest BCUT2D eigenvalue weighted by Crippen LogP contribution is 2.20. The molecule has 0 spiro atoms. The van der Waals surface area contributed by atoms with Gasteiger partial charge in [-0.1, -0.05) is 36.4 Å². The SMILES string of the molecule is COc1ccc(COc2ccc(/C=C(\C#N)C(=O)c3cccc([N+](=O)[O-])c3)cc2)cc1. The number of ether oxygens (including phenoxy) is 2. The molecule has 154 valence electrons. The second-order valence-corrected chi connectivity index (χ2v) is 6.51. The van der Waals surface area contributed by atoms with Crippen LogP contribution in [0.3, 0.4) is 0 Å². The van der Waals surface area contributed by atoms with E-state index in [1.807, 2.05) is 30.3 Å². The molecule has 0 N–H and O–H groups in total. The van der Waals surface area contributed by atoms with Gasteiger partial charge in [-0.3, -0.25) is 14.9 Å². The van der Waals surface area contributed by atoms with Gasteiger partial charge in [0.2, 0.25) is 5.78 Å². The first kappa shape index (κ1) is 21.3. The van der Waals surface area contributed by atoms with E-state index in [1.165, 1.54) is 24.3 Å². The van der Waals surface area contributed by atoms with Crippen LogP contribution < -0.4 is 9.47 Å². The maximum atomic E-state index is 12.6. The number of nitro benzene ring substituents is 1. The minimum absolute atomic E-state index is 0.0847. The molecule has 0 saturated carbocycles. The van der Waals surface area contributed by atoms with Crippen LogP contribution in [0.5, 0.6) is 11.5 Å². The van der Waals surface area contributed by atoms with Crippen LogP contribution in [0.4, 0.5) is 5.69 Å². The summed E-state index contributed by atoms with van der Waals surface area (Å²) in [5, 5.41) is 20.3. The summed E-state index contributed by atoms with van der Waals surface area (Å²) in [4.78, 5) is 22.9. The van der Waals surface area contributed by atoms with Crippen molar-refractivity contribution in [2.45, 2.75) is 6.61 Å². The van der Waals surface area contributed by atoms with Gasteiger partial charge in [0.05, 0.1) is 12.0 Å². The fraction of sp³-hybridized carbons (Fsp3) is 0.0833. The van der Waals surface area contributed by atoms with E-state index in [0.29, 0.717) is 17.9 Å². The first-order valence-corrected chi connectivity index (χ1v) is 9.27. The van der Waals surface area contributed by atoms with Gasteiger partial charge in [-0.15, -0.1) is 0 Å². The molecule has 0 fully saturated rings. The topological polar surface area (TPSA) is 102 Å². The van der Waals surface area contributed by atoms with Crippen LogP contribution in [-0.2, 0) is 6.61 Å². The maximum absolute atomic E-state index is 12.6. The summed E-state index contributed by atoms with van der Waals surface area (Å²) in [5.41, 5.74) is 1.38. The van der Waals surface area contributed by atoms with Gasteiger partial charge in [0.25, 0.3) is 5.69 Å². The summed E-state index contributed by atoms with van der Waals surface area (Å²) >= 11 is 0. The Hall–Kier alpha value is -4.44. The quantitative estimate of drug-likeness (QED) is 0.169. The molecule has 0 aromatic heterocycles. The normalized spacial score (nSPS) is 10.8. The lowest BCUT2D eigenvalue weighted by molar-refractivity contribution is -0.384. The molecule has 7 nitrogen and oxygen atoms in total. The number of allylic oxidation sites excluding steroid dienone is 1. The second kappa shape index (κ2) is 9.85. The summed E-state index contributed by atoms with van der Waals surface area (Å²) < 4.78 is 10.9. The highest BCUT2D eigenvalue weighted by atomic mass is 16.6. The number of ketones is 1. The molecule has 3 aromatic rings. The number of carbonyl (C=O) groups is 1. The Labute approximate surface area is 178 Å². The molecule has 0 aliphatic carbocycles. The van der Waals surface area contributed by atoms with Crippen LogP contribution in [-0.4, -0.2) is 17.8 Å². The van der Waals surface area contributed by atoms with Crippen molar-refractivity contribution in [3.05, 3.63) is 105 Å². The van der Waals surface area contributed by atoms with E-state index in [4.69, 9.17) is 9.47 Å². The van der Waals surface area contributed by atoms with E-state index in [9.17, 15) is 20.2 Å². The zero-order valence-corrected chi connectivity index (χ0v) is 16.6. The van der Waals surface area contributed by atoms with Crippen molar-refractivity contribution >= 4 is 17.5 Å². The Balaban J connectivity index is 1.70. The van der Waals surface area contributed by atoms with Gasteiger partial charge in [-0.25, -0.2) is 0 Å². The van der Waals surface area contributed by atoms with Crippen molar-refractivity contribution in [1.29, 1.82) is 5.26 Å². The molecular weight excluding hydrogens is 396 g/mol. The molecular formula is C24H18N2O5. The average Bonchev–Trinajstić information content (AvgIpc) is 2.82. The Morgan fingerprint density at radius 3 is 2.35 bits per heavy atom. The number of rotatable bonds is 8. The zero-order valence-electron chi connectivity index (χ0n) is 16.6. The van der Waals surface area contributed by atoms with Crippen molar-refractivity contribution in [1.82, 2.24) is 0 Å². The van der Waals surface area contributed by atoms with E-state index >= 15 is 0 Å². The molecule has 0 unspecified atom stereocenters. The number of Topliss-reactive ketones (excluding diaryl/α,β-unsaturated/α-hetero) is 1. The van der Waals surface area contributed by atoms with E-state index in [0.717, 1.165) is 17.4 Å². The third-order valence-corrected chi connectivity index (χ3v) is 4.44. The van der Waals surface area contributed by atoms with Gasteiger partial charge in [0.1, 0.15) is 29.7 Å². The number of nitriles is 1. The lowest BCUT2D eigenvalue weighted by Gasteiger charge is -2.07. The number of methoxy groups -OCH3 is 1. The van der Waals surface area contributed by atoms with Crippen LogP contribution in [0.15, 0.2) is 78.4 Å². The van der Waals surface area contributed by atoms with Crippen LogP contribution in [0.1, 0.15) is 21.5 Å². The van der Waals surface area contributed by atoms with E-state index < -0.39 is 10.7 Å². The second-order valence-electron chi connectivity index (χ2n) is 6.51. The molecule has 0 saturated heterocycles. The minimum Gasteiger partial charge on any atom is -0.497 e. The van der Waals surface area contributed by atoms with Gasteiger partial charge in [-0.05, 0) is 41.5 Å². The molecule has 0 aliphatic rings. The minimum atomic E-state index is -0.586. The summed E-state index contributed by atoms with van der Waals surface area (Å²) in [5.74, 6) is 0.829. The Bertz CT molecular complexity index is 1160. The van der Waals surface area contributed by atoms with Gasteiger partial charge < -0.3 is 9.47 Å². The van der Waals surface area contributed by atoms with E-state index in [-0.39, 0.29) is 16.8 Å².